The number of likely N-dealkylation sites (N-methyl/N-ethyl adjacent to an activating group) is 1. The highest BCUT2D eigenvalue weighted by Gasteiger charge is 2.27. The molecule has 1 saturated carbocycles. The summed E-state index contributed by atoms with van der Waals surface area (Å²) in [6.07, 6.45) is 7.23. The molecule has 0 aromatic heterocycles. The van der Waals surface area contributed by atoms with E-state index < -0.39 is 0 Å². The molecular weight excluding hydrogens is 200 g/mol. The number of ether oxygens (including phenoxy) is 1. The second kappa shape index (κ2) is 5.48. The molecule has 94 valence electrons. The number of morpholine rings is 1. The largest absolute Gasteiger partial charge is 0.374 e. The summed E-state index contributed by atoms with van der Waals surface area (Å²) in [5.74, 6) is 0. The fourth-order valence-electron chi connectivity index (χ4n) is 2.86. The molecule has 2 fully saturated rings. The van der Waals surface area contributed by atoms with E-state index in [1.54, 1.807) is 0 Å². The van der Waals surface area contributed by atoms with Gasteiger partial charge in [-0.3, -0.25) is 0 Å². The molecule has 0 aromatic carbocycles. The third-order valence-corrected chi connectivity index (χ3v) is 4.06. The molecule has 1 aliphatic heterocycles. The van der Waals surface area contributed by atoms with Crippen molar-refractivity contribution in [2.75, 3.05) is 33.3 Å². The van der Waals surface area contributed by atoms with Crippen molar-refractivity contribution >= 4 is 0 Å². The Kier molecular flexibility index (Phi) is 4.22. The minimum absolute atomic E-state index is 0.373. The molecule has 0 radical (unpaired) electrons. The van der Waals surface area contributed by atoms with Crippen molar-refractivity contribution < 1.29 is 4.74 Å². The third kappa shape index (κ3) is 3.44. The molecule has 2 aliphatic rings. The molecule has 3 heteroatoms. The van der Waals surface area contributed by atoms with E-state index in [-0.39, 0.29) is 0 Å². The van der Waals surface area contributed by atoms with Gasteiger partial charge in [-0.1, -0.05) is 19.3 Å². The topological polar surface area (TPSA) is 24.5 Å². The van der Waals surface area contributed by atoms with E-state index >= 15 is 0 Å². The van der Waals surface area contributed by atoms with Crippen LogP contribution in [0.25, 0.3) is 0 Å². The first-order chi connectivity index (χ1) is 7.68. The normalized spacial score (nSPS) is 31.5. The summed E-state index contributed by atoms with van der Waals surface area (Å²) < 4.78 is 5.78. The van der Waals surface area contributed by atoms with Gasteiger partial charge >= 0.3 is 0 Å². The highest BCUT2D eigenvalue weighted by Crippen LogP contribution is 2.27. The average molecular weight is 226 g/mol. The lowest BCUT2D eigenvalue weighted by Gasteiger charge is -2.38. The second-order valence-corrected chi connectivity index (χ2v) is 5.76. The lowest BCUT2D eigenvalue weighted by Crippen LogP contribution is -2.51. The van der Waals surface area contributed by atoms with E-state index in [1.807, 2.05) is 0 Å². The van der Waals surface area contributed by atoms with Crippen LogP contribution < -0.4 is 5.32 Å². The summed E-state index contributed by atoms with van der Waals surface area (Å²) in [6.45, 7) is 6.43. The lowest BCUT2D eigenvalue weighted by atomic mass is 9.83. The van der Waals surface area contributed by atoms with Crippen molar-refractivity contribution in [2.45, 2.75) is 50.7 Å². The van der Waals surface area contributed by atoms with Gasteiger partial charge in [-0.2, -0.15) is 0 Å². The van der Waals surface area contributed by atoms with Crippen LogP contribution in [0.1, 0.15) is 39.0 Å². The SMILES string of the molecule is CN1CCOC(CNC2(C)CCCCC2)C1. The molecule has 1 atom stereocenters. The molecule has 16 heavy (non-hydrogen) atoms. The maximum atomic E-state index is 5.78. The number of rotatable bonds is 3. The van der Waals surface area contributed by atoms with Gasteiger partial charge < -0.3 is 15.0 Å². The molecule has 1 heterocycles. The Hall–Kier alpha value is -0.120. The predicted octanol–water partition coefficient (Wildman–Crippen LogP) is 1.63. The standard InChI is InChI=1S/C13H26N2O/c1-13(6-4-3-5-7-13)14-10-12-11-15(2)8-9-16-12/h12,14H,3-11H2,1-2H3. The Morgan fingerprint density at radius 2 is 2.06 bits per heavy atom. The molecule has 2 rings (SSSR count). The van der Waals surface area contributed by atoms with Crippen molar-refractivity contribution in [3.8, 4) is 0 Å². The second-order valence-electron chi connectivity index (χ2n) is 5.76. The van der Waals surface area contributed by atoms with Crippen molar-refractivity contribution in [1.82, 2.24) is 10.2 Å². The number of hydrogen-bond donors (Lipinski definition) is 1. The Morgan fingerprint density at radius 1 is 1.31 bits per heavy atom. The van der Waals surface area contributed by atoms with Crippen molar-refractivity contribution in [3.63, 3.8) is 0 Å². The van der Waals surface area contributed by atoms with Gasteiger partial charge in [0.25, 0.3) is 0 Å². The summed E-state index contributed by atoms with van der Waals surface area (Å²) in [5.41, 5.74) is 0.373. The van der Waals surface area contributed by atoms with Crippen molar-refractivity contribution in [2.24, 2.45) is 0 Å². The van der Waals surface area contributed by atoms with Gasteiger partial charge in [-0.15, -0.1) is 0 Å². The maximum absolute atomic E-state index is 5.78. The number of hydrogen-bond acceptors (Lipinski definition) is 3. The Labute approximate surface area is 99.5 Å². The zero-order valence-electron chi connectivity index (χ0n) is 10.8. The van der Waals surface area contributed by atoms with E-state index in [0.717, 1.165) is 26.2 Å². The maximum Gasteiger partial charge on any atom is 0.0826 e. The van der Waals surface area contributed by atoms with Gasteiger partial charge in [-0.25, -0.2) is 0 Å². The van der Waals surface area contributed by atoms with Gasteiger partial charge in [0.2, 0.25) is 0 Å². The van der Waals surface area contributed by atoms with Gasteiger partial charge in [0, 0.05) is 25.2 Å². The van der Waals surface area contributed by atoms with Crippen LogP contribution in [0.3, 0.4) is 0 Å². The minimum atomic E-state index is 0.373. The van der Waals surface area contributed by atoms with Crippen LogP contribution in [0.5, 0.6) is 0 Å². The Morgan fingerprint density at radius 3 is 2.75 bits per heavy atom. The first kappa shape index (κ1) is 12.3. The predicted molar refractivity (Wildman–Crippen MR) is 66.7 cm³/mol. The summed E-state index contributed by atoms with van der Waals surface area (Å²) in [6, 6.07) is 0. The molecular formula is C13H26N2O. The highest BCUT2D eigenvalue weighted by molar-refractivity contribution is 4.87. The molecule has 1 saturated heterocycles. The van der Waals surface area contributed by atoms with Crippen molar-refractivity contribution in [3.05, 3.63) is 0 Å². The quantitative estimate of drug-likeness (QED) is 0.791. The van der Waals surface area contributed by atoms with E-state index in [4.69, 9.17) is 4.74 Å². The minimum Gasteiger partial charge on any atom is -0.374 e. The van der Waals surface area contributed by atoms with Crippen LogP contribution in [-0.2, 0) is 4.74 Å². The first-order valence-corrected chi connectivity index (χ1v) is 6.73. The summed E-state index contributed by atoms with van der Waals surface area (Å²) in [4.78, 5) is 2.36. The van der Waals surface area contributed by atoms with Gasteiger partial charge in [0.05, 0.1) is 12.7 Å². The van der Waals surface area contributed by atoms with E-state index in [9.17, 15) is 0 Å². The molecule has 0 spiro atoms. The summed E-state index contributed by atoms with van der Waals surface area (Å²) in [5, 5.41) is 3.74. The zero-order valence-corrected chi connectivity index (χ0v) is 10.8. The van der Waals surface area contributed by atoms with Crippen LogP contribution in [0.15, 0.2) is 0 Å². The van der Waals surface area contributed by atoms with E-state index in [2.05, 4.69) is 24.2 Å². The molecule has 0 amide bonds. The van der Waals surface area contributed by atoms with Crippen LogP contribution >= 0.6 is 0 Å². The average Bonchev–Trinajstić information content (AvgIpc) is 2.28. The molecule has 0 bridgehead atoms. The summed E-state index contributed by atoms with van der Waals surface area (Å²) in [7, 11) is 2.18. The Bertz CT molecular complexity index is 214. The lowest BCUT2D eigenvalue weighted by molar-refractivity contribution is -0.0223. The number of nitrogens with zero attached hydrogens (tertiary/aromatic N) is 1. The number of nitrogens with one attached hydrogen (secondary N) is 1. The molecule has 1 unspecified atom stereocenters. The highest BCUT2D eigenvalue weighted by atomic mass is 16.5. The summed E-state index contributed by atoms with van der Waals surface area (Å²) >= 11 is 0. The fourth-order valence-corrected chi connectivity index (χ4v) is 2.86. The monoisotopic (exact) mass is 226 g/mol. The first-order valence-electron chi connectivity index (χ1n) is 6.73. The van der Waals surface area contributed by atoms with E-state index in [0.29, 0.717) is 11.6 Å². The molecule has 1 aliphatic carbocycles. The van der Waals surface area contributed by atoms with Crippen LogP contribution in [0.2, 0.25) is 0 Å². The molecule has 3 nitrogen and oxygen atoms in total. The van der Waals surface area contributed by atoms with E-state index in [1.165, 1.54) is 32.1 Å². The Balaban J connectivity index is 1.73. The zero-order chi connectivity index (χ0) is 11.4. The van der Waals surface area contributed by atoms with Gasteiger partial charge in [0.1, 0.15) is 0 Å². The fraction of sp³-hybridized carbons (Fsp3) is 1.00. The third-order valence-electron chi connectivity index (χ3n) is 4.06. The van der Waals surface area contributed by atoms with Crippen LogP contribution in [0.4, 0.5) is 0 Å². The van der Waals surface area contributed by atoms with Crippen molar-refractivity contribution in [1.29, 1.82) is 0 Å². The van der Waals surface area contributed by atoms with Gasteiger partial charge in [-0.05, 0) is 26.8 Å². The van der Waals surface area contributed by atoms with Gasteiger partial charge in [0.15, 0.2) is 0 Å². The molecule has 1 N–H and O–H groups in total. The van der Waals surface area contributed by atoms with Crippen LogP contribution in [0, 0.1) is 0 Å². The van der Waals surface area contributed by atoms with Crippen LogP contribution in [-0.4, -0.2) is 49.8 Å². The molecule has 0 aromatic rings. The smallest absolute Gasteiger partial charge is 0.0826 e.